The molecule has 0 saturated heterocycles. The minimum atomic E-state index is -0.209. The SMILES string of the molecule is CN(Cc1nc2ccccc2[nH]1)C(=O)c1cc(Br)cnc1Cl. The van der Waals surface area contributed by atoms with Crippen molar-refractivity contribution in [3.05, 3.63) is 57.5 Å². The first-order valence-corrected chi connectivity index (χ1v) is 7.72. The molecule has 0 radical (unpaired) electrons. The molecular formula is C15H12BrClN4O. The molecule has 0 aliphatic heterocycles. The van der Waals surface area contributed by atoms with Crippen LogP contribution in [0.1, 0.15) is 16.2 Å². The Bertz CT molecular complexity index is 815. The second-order valence-corrected chi connectivity index (χ2v) is 6.13. The van der Waals surface area contributed by atoms with Gasteiger partial charge in [-0.3, -0.25) is 4.79 Å². The van der Waals surface area contributed by atoms with Gasteiger partial charge in [-0.05, 0) is 34.1 Å². The van der Waals surface area contributed by atoms with Gasteiger partial charge in [-0.1, -0.05) is 23.7 Å². The monoisotopic (exact) mass is 378 g/mol. The van der Waals surface area contributed by atoms with Gasteiger partial charge in [0.2, 0.25) is 0 Å². The van der Waals surface area contributed by atoms with Crippen molar-refractivity contribution in [3.63, 3.8) is 0 Å². The van der Waals surface area contributed by atoms with Gasteiger partial charge in [-0.15, -0.1) is 0 Å². The molecular weight excluding hydrogens is 368 g/mol. The van der Waals surface area contributed by atoms with Gasteiger partial charge in [0.15, 0.2) is 0 Å². The van der Waals surface area contributed by atoms with Gasteiger partial charge in [0.1, 0.15) is 11.0 Å². The van der Waals surface area contributed by atoms with E-state index in [1.54, 1.807) is 24.2 Å². The molecule has 7 heteroatoms. The Labute approximate surface area is 140 Å². The van der Waals surface area contributed by atoms with Gasteiger partial charge in [0.05, 0.1) is 23.1 Å². The number of aromatic amines is 1. The highest BCUT2D eigenvalue weighted by atomic mass is 79.9. The number of para-hydroxylation sites is 2. The van der Waals surface area contributed by atoms with Gasteiger partial charge in [-0.2, -0.15) is 0 Å². The summed E-state index contributed by atoms with van der Waals surface area (Å²) in [5.41, 5.74) is 2.18. The summed E-state index contributed by atoms with van der Waals surface area (Å²) in [6.45, 7) is 0.357. The molecule has 0 spiro atoms. The first-order chi connectivity index (χ1) is 10.5. The van der Waals surface area contributed by atoms with E-state index in [1.807, 2.05) is 24.3 Å². The lowest BCUT2D eigenvalue weighted by molar-refractivity contribution is 0.0781. The normalized spacial score (nSPS) is 10.9. The summed E-state index contributed by atoms with van der Waals surface area (Å²) in [4.78, 5) is 25.7. The van der Waals surface area contributed by atoms with Gasteiger partial charge in [-0.25, -0.2) is 9.97 Å². The number of fused-ring (bicyclic) bond motifs is 1. The van der Waals surface area contributed by atoms with Crippen LogP contribution in [0.15, 0.2) is 41.0 Å². The summed E-state index contributed by atoms with van der Waals surface area (Å²) >= 11 is 9.29. The predicted octanol–water partition coefficient (Wildman–Crippen LogP) is 3.65. The fraction of sp³-hybridized carbons (Fsp3) is 0.133. The second kappa shape index (κ2) is 6.06. The minimum Gasteiger partial charge on any atom is -0.340 e. The molecule has 112 valence electrons. The van der Waals surface area contributed by atoms with Gasteiger partial charge >= 0.3 is 0 Å². The first-order valence-electron chi connectivity index (χ1n) is 6.55. The van der Waals surface area contributed by atoms with Crippen LogP contribution in [-0.4, -0.2) is 32.8 Å². The van der Waals surface area contributed by atoms with Crippen molar-refractivity contribution in [2.75, 3.05) is 7.05 Å². The maximum Gasteiger partial charge on any atom is 0.257 e. The van der Waals surface area contributed by atoms with E-state index in [2.05, 4.69) is 30.9 Å². The molecule has 0 saturated carbocycles. The number of amides is 1. The number of nitrogens with zero attached hydrogens (tertiary/aromatic N) is 3. The number of benzene rings is 1. The van der Waals surface area contributed by atoms with Gasteiger partial charge in [0.25, 0.3) is 5.91 Å². The summed E-state index contributed by atoms with van der Waals surface area (Å²) in [7, 11) is 1.70. The maximum absolute atomic E-state index is 12.5. The van der Waals surface area contributed by atoms with Crippen LogP contribution in [0.3, 0.4) is 0 Å². The number of hydrogen-bond donors (Lipinski definition) is 1. The Morgan fingerprint density at radius 2 is 2.18 bits per heavy atom. The summed E-state index contributed by atoms with van der Waals surface area (Å²) in [6, 6.07) is 9.39. The van der Waals surface area contributed by atoms with Crippen molar-refractivity contribution in [2.24, 2.45) is 0 Å². The fourth-order valence-corrected chi connectivity index (χ4v) is 2.67. The molecule has 0 unspecified atom stereocenters. The zero-order valence-corrected chi connectivity index (χ0v) is 14.0. The van der Waals surface area contributed by atoms with Crippen molar-refractivity contribution in [3.8, 4) is 0 Å². The van der Waals surface area contributed by atoms with E-state index in [0.717, 1.165) is 16.9 Å². The Hall–Kier alpha value is -1.92. The van der Waals surface area contributed by atoms with Crippen molar-refractivity contribution in [1.29, 1.82) is 0 Å². The molecule has 0 fully saturated rings. The summed E-state index contributed by atoms with van der Waals surface area (Å²) < 4.78 is 0.706. The lowest BCUT2D eigenvalue weighted by Crippen LogP contribution is -2.27. The molecule has 1 N–H and O–H groups in total. The third-order valence-corrected chi connectivity index (χ3v) is 3.94. The van der Waals surface area contributed by atoms with Crippen molar-refractivity contribution < 1.29 is 4.79 Å². The van der Waals surface area contributed by atoms with Crippen LogP contribution in [0.25, 0.3) is 11.0 Å². The number of rotatable bonds is 3. The van der Waals surface area contributed by atoms with Crippen LogP contribution in [0.5, 0.6) is 0 Å². The molecule has 22 heavy (non-hydrogen) atoms. The summed E-state index contributed by atoms with van der Waals surface area (Å²) in [6.07, 6.45) is 1.55. The number of carbonyl (C=O) groups is 1. The van der Waals surface area contributed by atoms with E-state index in [-0.39, 0.29) is 11.1 Å². The van der Waals surface area contributed by atoms with Crippen LogP contribution >= 0.6 is 27.5 Å². The number of H-pyrrole nitrogens is 1. The van der Waals surface area contributed by atoms with E-state index in [4.69, 9.17) is 11.6 Å². The van der Waals surface area contributed by atoms with Gasteiger partial charge < -0.3 is 9.88 Å². The highest BCUT2D eigenvalue weighted by molar-refractivity contribution is 9.10. The highest BCUT2D eigenvalue weighted by Gasteiger charge is 2.18. The molecule has 3 rings (SSSR count). The molecule has 0 aliphatic carbocycles. The quantitative estimate of drug-likeness (QED) is 0.707. The Morgan fingerprint density at radius 3 is 2.95 bits per heavy atom. The van der Waals surface area contributed by atoms with Crippen LogP contribution < -0.4 is 0 Å². The van der Waals surface area contributed by atoms with Crippen molar-refractivity contribution in [1.82, 2.24) is 19.9 Å². The molecule has 0 aliphatic rings. The number of nitrogens with one attached hydrogen (secondary N) is 1. The Balaban J connectivity index is 1.82. The molecule has 2 heterocycles. The first kappa shape index (κ1) is 15.0. The summed E-state index contributed by atoms with van der Waals surface area (Å²) in [5, 5.41) is 0.185. The molecule has 0 bridgehead atoms. The van der Waals surface area contributed by atoms with Gasteiger partial charge in [0, 0.05) is 17.7 Å². The fourth-order valence-electron chi connectivity index (χ4n) is 2.16. The number of hydrogen-bond acceptors (Lipinski definition) is 3. The largest absolute Gasteiger partial charge is 0.340 e. The average Bonchev–Trinajstić information content (AvgIpc) is 2.91. The number of pyridine rings is 1. The zero-order chi connectivity index (χ0) is 15.7. The lowest BCUT2D eigenvalue weighted by atomic mass is 10.2. The van der Waals surface area contributed by atoms with E-state index >= 15 is 0 Å². The minimum absolute atomic E-state index is 0.185. The molecule has 1 amide bonds. The average molecular weight is 380 g/mol. The number of aromatic nitrogens is 3. The third-order valence-electron chi connectivity index (χ3n) is 3.21. The van der Waals surface area contributed by atoms with Crippen molar-refractivity contribution in [2.45, 2.75) is 6.54 Å². The van der Waals surface area contributed by atoms with Crippen LogP contribution in [0.2, 0.25) is 5.15 Å². The topological polar surface area (TPSA) is 61.9 Å². The Kier molecular flexibility index (Phi) is 4.13. The predicted molar refractivity (Wildman–Crippen MR) is 88.8 cm³/mol. The van der Waals surface area contributed by atoms with Crippen molar-refractivity contribution >= 4 is 44.5 Å². The third kappa shape index (κ3) is 2.98. The van der Waals surface area contributed by atoms with Crippen LogP contribution in [0.4, 0.5) is 0 Å². The number of halogens is 2. The molecule has 3 aromatic rings. The molecule has 2 aromatic heterocycles. The smallest absolute Gasteiger partial charge is 0.257 e. The standard InChI is InChI=1S/C15H12BrClN4O/c1-21(15(22)10-6-9(16)7-18-14(10)17)8-13-19-11-4-2-3-5-12(11)20-13/h2-7H,8H2,1H3,(H,19,20). The number of carbonyl (C=O) groups excluding carboxylic acids is 1. The van der Waals surface area contributed by atoms with E-state index in [1.165, 1.54) is 0 Å². The lowest BCUT2D eigenvalue weighted by Gasteiger charge is -2.16. The van der Waals surface area contributed by atoms with Crippen LogP contribution in [0, 0.1) is 0 Å². The Morgan fingerprint density at radius 1 is 1.41 bits per heavy atom. The molecule has 1 aromatic carbocycles. The second-order valence-electron chi connectivity index (χ2n) is 4.85. The summed E-state index contributed by atoms with van der Waals surface area (Å²) in [5.74, 6) is 0.510. The van der Waals surface area contributed by atoms with Crippen LogP contribution in [-0.2, 0) is 6.54 Å². The van der Waals surface area contributed by atoms with E-state index < -0.39 is 0 Å². The maximum atomic E-state index is 12.5. The number of imidazole rings is 1. The molecule has 0 atom stereocenters. The molecule has 5 nitrogen and oxygen atoms in total. The highest BCUT2D eigenvalue weighted by Crippen LogP contribution is 2.20. The van der Waals surface area contributed by atoms with E-state index in [9.17, 15) is 4.79 Å². The van der Waals surface area contributed by atoms with E-state index in [0.29, 0.717) is 16.6 Å². The zero-order valence-electron chi connectivity index (χ0n) is 11.7.